The first-order valence-corrected chi connectivity index (χ1v) is 14.9. The number of benzene rings is 4. The zero-order chi connectivity index (χ0) is 29.4. The molecule has 4 aromatic rings. The van der Waals surface area contributed by atoms with E-state index in [9.17, 15) is 4.79 Å². The van der Waals surface area contributed by atoms with E-state index in [2.05, 4.69) is 107 Å². The van der Waals surface area contributed by atoms with Gasteiger partial charge in [-0.25, -0.2) is 0 Å². The van der Waals surface area contributed by atoms with E-state index in [1.54, 1.807) is 0 Å². The Morgan fingerprint density at radius 1 is 0.780 bits per heavy atom. The summed E-state index contributed by atoms with van der Waals surface area (Å²) in [6.45, 7) is 14.4. The van der Waals surface area contributed by atoms with Gasteiger partial charge < -0.3 is 9.47 Å². The molecule has 1 aliphatic rings. The molecule has 0 unspecified atom stereocenters. The van der Waals surface area contributed by atoms with E-state index in [0.717, 1.165) is 41.7 Å². The molecule has 0 saturated carbocycles. The number of fused-ring (bicyclic) bond motifs is 3. The van der Waals surface area contributed by atoms with Crippen LogP contribution in [0.4, 0.5) is 0 Å². The zero-order valence-corrected chi connectivity index (χ0v) is 25.5. The van der Waals surface area contributed by atoms with Crippen LogP contribution >= 0.6 is 0 Å². The van der Waals surface area contributed by atoms with Crippen molar-refractivity contribution in [2.45, 2.75) is 79.2 Å². The van der Waals surface area contributed by atoms with Crippen molar-refractivity contribution in [3.05, 3.63) is 118 Å². The zero-order valence-electron chi connectivity index (χ0n) is 25.5. The van der Waals surface area contributed by atoms with Gasteiger partial charge in [-0.3, -0.25) is 4.79 Å². The van der Waals surface area contributed by atoms with Crippen molar-refractivity contribution >= 4 is 5.97 Å². The molecule has 0 aliphatic heterocycles. The third-order valence-corrected chi connectivity index (χ3v) is 8.44. The molecule has 41 heavy (non-hydrogen) atoms. The van der Waals surface area contributed by atoms with Gasteiger partial charge in [-0.1, -0.05) is 92.6 Å². The Bertz CT molecular complexity index is 1530. The molecule has 5 rings (SSSR count). The number of hydrogen-bond donors (Lipinski definition) is 0. The van der Waals surface area contributed by atoms with E-state index in [1.165, 1.54) is 27.8 Å². The molecule has 0 spiro atoms. The summed E-state index contributed by atoms with van der Waals surface area (Å²) in [4.78, 5) is 13.2. The van der Waals surface area contributed by atoms with Gasteiger partial charge in [-0.2, -0.15) is 0 Å². The Balaban J connectivity index is 1.68. The van der Waals surface area contributed by atoms with Crippen molar-refractivity contribution in [2.75, 3.05) is 0 Å². The molecule has 0 fully saturated rings. The Labute approximate surface area is 245 Å². The van der Waals surface area contributed by atoms with Crippen LogP contribution in [0, 0.1) is 19.3 Å². The fraction of sp³-hybridized carbons (Fsp3) is 0.342. The van der Waals surface area contributed by atoms with E-state index < -0.39 is 10.8 Å². The SMILES string of the molecule is CCCCC(C)(C)C(=O)Oc1ccc(C2(c3ccc(OC(C)C)c(C)c3)c3ccccc3-c3ccccc32)cc1C. The van der Waals surface area contributed by atoms with Gasteiger partial charge >= 0.3 is 5.97 Å². The second kappa shape index (κ2) is 11.2. The highest BCUT2D eigenvalue weighted by Gasteiger charge is 2.46. The Morgan fingerprint density at radius 2 is 1.29 bits per heavy atom. The van der Waals surface area contributed by atoms with E-state index >= 15 is 0 Å². The molecule has 0 N–H and O–H groups in total. The number of hydrogen-bond acceptors (Lipinski definition) is 3. The van der Waals surface area contributed by atoms with Crippen LogP contribution in [0.2, 0.25) is 0 Å². The molecule has 0 atom stereocenters. The molecule has 4 aromatic carbocycles. The second-order valence-corrected chi connectivity index (χ2v) is 12.3. The average Bonchev–Trinajstić information content (AvgIpc) is 3.25. The second-order valence-electron chi connectivity index (χ2n) is 12.3. The van der Waals surface area contributed by atoms with Crippen LogP contribution in [-0.2, 0) is 10.2 Å². The van der Waals surface area contributed by atoms with Crippen LogP contribution in [0.15, 0.2) is 84.9 Å². The van der Waals surface area contributed by atoms with Crippen molar-refractivity contribution in [1.29, 1.82) is 0 Å². The molecule has 0 radical (unpaired) electrons. The lowest BCUT2D eigenvalue weighted by Crippen LogP contribution is -2.30. The Hall–Kier alpha value is -3.85. The van der Waals surface area contributed by atoms with E-state index in [1.807, 2.05) is 26.8 Å². The van der Waals surface area contributed by atoms with Gasteiger partial charge in [0.2, 0.25) is 0 Å². The van der Waals surface area contributed by atoms with Gasteiger partial charge in [-0.05, 0) is 105 Å². The van der Waals surface area contributed by atoms with Crippen LogP contribution in [0.5, 0.6) is 11.5 Å². The highest BCUT2D eigenvalue weighted by Crippen LogP contribution is 2.56. The topological polar surface area (TPSA) is 35.5 Å². The molecule has 0 amide bonds. The minimum Gasteiger partial charge on any atom is -0.491 e. The maximum absolute atomic E-state index is 13.2. The highest BCUT2D eigenvalue weighted by atomic mass is 16.5. The smallest absolute Gasteiger partial charge is 0.316 e. The standard InChI is InChI=1S/C38H42O3/c1-8-9-22-37(6,7)36(39)41-35-21-19-29(24-27(35)5)38(28-18-20-34(26(4)23-28)40-25(2)3)32-16-12-10-14-30(32)31-15-11-13-17-33(31)38/h10-21,23-25H,8-9,22H2,1-7H3. The van der Waals surface area contributed by atoms with E-state index in [4.69, 9.17) is 9.47 Å². The summed E-state index contributed by atoms with van der Waals surface area (Å²) in [7, 11) is 0. The predicted molar refractivity (Wildman–Crippen MR) is 168 cm³/mol. The third kappa shape index (κ3) is 5.07. The first-order valence-electron chi connectivity index (χ1n) is 14.9. The average molecular weight is 547 g/mol. The first-order chi connectivity index (χ1) is 19.6. The predicted octanol–water partition coefficient (Wildman–Crippen LogP) is 9.58. The number of carbonyl (C=O) groups excluding carboxylic acids is 1. The van der Waals surface area contributed by atoms with Crippen molar-refractivity contribution in [3.63, 3.8) is 0 Å². The normalized spacial score (nSPS) is 13.6. The molecule has 0 aromatic heterocycles. The fourth-order valence-electron chi connectivity index (χ4n) is 6.25. The molecule has 0 heterocycles. The maximum Gasteiger partial charge on any atom is 0.316 e. The fourth-order valence-corrected chi connectivity index (χ4v) is 6.25. The lowest BCUT2D eigenvalue weighted by molar-refractivity contribution is -0.144. The summed E-state index contributed by atoms with van der Waals surface area (Å²) in [5, 5.41) is 0. The van der Waals surface area contributed by atoms with E-state index in [0.29, 0.717) is 5.75 Å². The molecular formula is C38H42O3. The minimum absolute atomic E-state index is 0.103. The quantitative estimate of drug-likeness (QED) is 0.136. The van der Waals surface area contributed by atoms with Gasteiger partial charge in [0.25, 0.3) is 0 Å². The van der Waals surface area contributed by atoms with Gasteiger partial charge in [-0.15, -0.1) is 0 Å². The van der Waals surface area contributed by atoms with Gasteiger partial charge in [0, 0.05) is 0 Å². The highest BCUT2D eigenvalue weighted by molar-refractivity contribution is 5.86. The van der Waals surface area contributed by atoms with Crippen molar-refractivity contribution in [1.82, 2.24) is 0 Å². The maximum atomic E-state index is 13.2. The molecule has 212 valence electrons. The summed E-state index contributed by atoms with van der Waals surface area (Å²) in [6.07, 6.45) is 2.97. The first kappa shape index (κ1) is 28.7. The van der Waals surface area contributed by atoms with Crippen molar-refractivity contribution in [3.8, 4) is 22.6 Å². The Kier molecular flexibility index (Phi) is 7.83. The number of ether oxygens (including phenoxy) is 2. The summed E-state index contributed by atoms with van der Waals surface area (Å²) < 4.78 is 12.1. The Morgan fingerprint density at radius 3 is 1.78 bits per heavy atom. The molecule has 1 aliphatic carbocycles. The van der Waals surface area contributed by atoms with Crippen LogP contribution in [0.3, 0.4) is 0 Å². The summed E-state index contributed by atoms with van der Waals surface area (Å²) in [5.41, 5.74) is 8.33. The lowest BCUT2D eigenvalue weighted by atomic mass is 9.67. The lowest BCUT2D eigenvalue weighted by Gasteiger charge is -2.35. The van der Waals surface area contributed by atoms with Crippen LogP contribution in [-0.4, -0.2) is 12.1 Å². The van der Waals surface area contributed by atoms with E-state index in [-0.39, 0.29) is 12.1 Å². The van der Waals surface area contributed by atoms with Gasteiger partial charge in [0.15, 0.2) is 0 Å². The number of esters is 1. The molecule has 3 nitrogen and oxygen atoms in total. The van der Waals surface area contributed by atoms with Gasteiger partial charge in [0.1, 0.15) is 11.5 Å². The van der Waals surface area contributed by atoms with Crippen LogP contribution < -0.4 is 9.47 Å². The summed E-state index contributed by atoms with van der Waals surface area (Å²) in [5.74, 6) is 1.35. The van der Waals surface area contributed by atoms with Crippen molar-refractivity contribution in [2.24, 2.45) is 5.41 Å². The summed E-state index contributed by atoms with van der Waals surface area (Å²) >= 11 is 0. The number of rotatable bonds is 9. The van der Waals surface area contributed by atoms with Crippen LogP contribution in [0.25, 0.3) is 11.1 Å². The minimum atomic E-state index is -0.526. The van der Waals surface area contributed by atoms with Crippen LogP contribution in [0.1, 0.15) is 87.3 Å². The number of unbranched alkanes of at least 4 members (excludes halogenated alkanes) is 1. The molecular weight excluding hydrogens is 504 g/mol. The molecule has 0 saturated heterocycles. The largest absolute Gasteiger partial charge is 0.491 e. The monoisotopic (exact) mass is 546 g/mol. The van der Waals surface area contributed by atoms with Gasteiger partial charge in [0.05, 0.1) is 16.9 Å². The number of aryl methyl sites for hydroxylation is 2. The molecule has 3 heteroatoms. The third-order valence-electron chi connectivity index (χ3n) is 8.44. The number of carbonyl (C=O) groups is 1. The summed E-state index contributed by atoms with van der Waals surface area (Å²) in [6, 6.07) is 30.4. The van der Waals surface area contributed by atoms with Crippen molar-refractivity contribution < 1.29 is 14.3 Å². The molecule has 0 bridgehead atoms.